The van der Waals surface area contributed by atoms with Crippen LogP contribution in [0.15, 0.2) is 48.5 Å². The van der Waals surface area contributed by atoms with Crippen molar-refractivity contribution in [2.75, 3.05) is 18.5 Å². The Balaban J connectivity index is 2.30. The van der Waals surface area contributed by atoms with Crippen LogP contribution in [0.5, 0.6) is 11.5 Å². The van der Waals surface area contributed by atoms with Crippen molar-refractivity contribution in [2.45, 2.75) is 13.8 Å². The number of para-hydroxylation sites is 2. The Kier molecular flexibility index (Phi) is 4.67. The smallest absolute Gasteiger partial charge is 0.184 e. The zero-order chi connectivity index (χ0) is 13.5. The fourth-order valence-corrected chi connectivity index (χ4v) is 1.85. The summed E-state index contributed by atoms with van der Waals surface area (Å²) in [6, 6.07) is 15.9. The van der Waals surface area contributed by atoms with Crippen LogP contribution in [-0.2, 0) is 0 Å². The molecular formula is C16H19NO2. The van der Waals surface area contributed by atoms with Crippen molar-refractivity contribution >= 4 is 11.4 Å². The van der Waals surface area contributed by atoms with E-state index in [4.69, 9.17) is 9.47 Å². The third-order valence-electron chi connectivity index (χ3n) is 2.62. The average molecular weight is 257 g/mol. The van der Waals surface area contributed by atoms with Crippen LogP contribution in [0, 0.1) is 0 Å². The van der Waals surface area contributed by atoms with E-state index in [2.05, 4.69) is 5.32 Å². The predicted octanol–water partition coefficient (Wildman–Crippen LogP) is 4.23. The van der Waals surface area contributed by atoms with E-state index in [-0.39, 0.29) is 0 Å². The van der Waals surface area contributed by atoms with Crippen LogP contribution >= 0.6 is 0 Å². The van der Waals surface area contributed by atoms with Gasteiger partial charge in [0.15, 0.2) is 11.5 Å². The molecule has 0 aromatic heterocycles. The van der Waals surface area contributed by atoms with Crippen molar-refractivity contribution in [3.63, 3.8) is 0 Å². The molecule has 3 nitrogen and oxygen atoms in total. The van der Waals surface area contributed by atoms with E-state index in [9.17, 15) is 0 Å². The highest BCUT2D eigenvalue weighted by Crippen LogP contribution is 2.36. The quantitative estimate of drug-likeness (QED) is 0.840. The number of benzene rings is 2. The lowest BCUT2D eigenvalue weighted by Gasteiger charge is -2.16. The highest BCUT2D eigenvalue weighted by Gasteiger charge is 2.10. The van der Waals surface area contributed by atoms with Gasteiger partial charge in [0.2, 0.25) is 0 Å². The Morgan fingerprint density at radius 3 is 2.26 bits per heavy atom. The second-order valence-electron chi connectivity index (χ2n) is 3.99. The maximum atomic E-state index is 5.71. The van der Waals surface area contributed by atoms with Gasteiger partial charge in [0, 0.05) is 5.69 Å². The second kappa shape index (κ2) is 6.69. The summed E-state index contributed by atoms with van der Waals surface area (Å²) in [5.74, 6) is 1.53. The molecule has 19 heavy (non-hydrogen) atoms. The van der Waals surface area contributed by atoms with Crippen LogP contribution in [0.1, 0.15) is 13.8 Å². The molecule has 1 N–H and O–H groups in total. The number of hydrogen-bond acceptors (Lipinski definition) is 3. The number of nitrogens with one attached hydrogen (secondary N) is 1. The molecule has 0 aliphatic carbocycles. The van der Waals surface area contributed by atoms with E-state index in [1.165, 1.54) is 0 Å². The zero-order valence-corrected chi connectivity index (χ0v) is 11.3. The molecule has 2 rings (SSSR count). The van der Waals surface area contributed by atoms with Gasteiger partial charge in [0.1, 0.15) is 0 Å². The molecule has 0 bridgehead atoms. The summed E-state index contributed by atoms with van der Waals surface area (Å²) < 4.78 is 11.3. The summed E-state index contributed by atoms with van der Waals surface area (Å²) in [4.78, 5) is 0. The van der Waals surface area contributed by atoms with Gasteiger partial charge in [-0.25, -0.2) is 0 Å². The van der Waals surface area contributed by atoms with Crippen molar-refractivity contribution in [2.24, 2.45) is 0 Å². The fraction of sp³-hybridized carbons (Fsp3) is 0.250. The first kappa shape index (κ1) is 13.3. The van der Waals surface area contributed by atoms with Crippen LogP contribution in [0.2, 0.25) is 0 Å². The van der Waals surface area contributed by atoms with Crippen molar-refractivity contribution in [3.8, 4) is 11.5 Å². The first-order chi connectivity index (χ1) is 9.35. The van der Waals surface area contributed by atoms with Gasteiger partial charge >= 0.3 is 0 Å². The van der Waals surface area contributed by atoms with Crippen LogP contribution in [0.25, 0.3) is 0 Å². The minimum absolute atomic E-state index is 0.605. The number of hydrogen-bond donors (Lipinski definition) is 1. The van der Waals surface area contributed by atoms with Crippen LogP contribution < -0.4 is 14.8 Å². The lowest BCUT2D eigenvalue weighted by molar-refractivity contribution is 0.289. The van der Waals surface area contributed by atoms with E-state index in [1.54, 1.807) is 0 Å². The molecule has 0 aliphatic rings. The van der Waals surface area contributed by atoms with Gasteiger partial charge in [-0.1, -0.05) is 24.3 Å². The van der Waals surface area contributed by atoms with E-state index in [1.807, 2.05) is 62.4 Å². The van der Waals surface area contributed by atoms with Crippen molar-refractivity contribution < 1.29 is 9.47 Å². The largest absolute Gasteiger partial charge is 0.490 e. The lowest BCUT2D eigenvalue weighted by Crippen LogP contribution is -2.01. The first-order valence-corrected chi connectivity index (χ1v) is 6.55. The molecule has 0 aliphatic heterocycles. The Labute approximate surface area is 114 Å². The van der Waals surface area contributed by atoms with Crippen LogP contribution in [0.4, 0.5) is 11.4 Å². The standard InChI is InChI=1S/C16H19NO2/c1-3-18-15-12-8-11-14(16(15)19-4-2)17-13-9-6-5-7-10-13/h5-12,17H,3-4H2,1-2H3. The maximum absolute atomic E-state index is 5.71. The molecule has 0 heterocycles. The van der Waals surface area contributed by atoms with Gasteiger partial charge in [-0.2, -0.15) is 0 Å². The van der Waals surface area contributed by atoms with E-state index in [0.717, 1.165) is 22.9 Å². The molecule has 0 amide bonds. The minimum Gasteiger partial charge on any atom is -0.490 e. The third kappa shape index (κ3) is 3.41. The van der Waals surface area contributed by atoms with Crippen LogP contribution in [0.3, 0.4) is 0 Å². The zero-order valence-electron chi connectivity index (χ0n) is 11.3. The average Bonchev–Trinajstić information content (AvgIpc) is 2.44. The molecule has 2 aromatic rings. The second-order valence-corrected chi connectivity index (χ2v) is 3.99. The van der Waals surface area contributed by atoms with E-state index < -0.39 is 0 Å². The topological polar surface area (TPSA) is 30.5 Å². The maximum Gasteiger partial charge on any atom is 0.184 e. The number of rotatable bonds is 6. The molecule has 3 heteroatoms. The van der Waals surface area contributed by atoms with Gasteiger partial charge < -0.3 is 14.8 Å². The Hall–Kier alpha value is -2.16. The van der Waals surface area contributed by atoms with Crippen LogP contribution in [-0.4, -0.2) is 13.2 Å². The highest BCUT2D eigenvalue weighted by atomic mass is 16.5. The third-order valence-corrected chi connectivity index (χ3v) is 2.62. The molecule has 2 aromatic carbocycles. The summed E-state index contributed by atoms with van der Waals surface area (Å²) in [7, 11) is 0. The molecule has 0 unspecified atom stereocenters. The van der Waals surface area contributed by atoms with Gasteiger partial charge in [-0.05, 0) is 38.1 Å². The van der Waals surface area contributed by atoms with Crippen molar-refractivity contribution in [1.82, 2.24) is 0 Å². The summed E-state index contributed by atoms with van der Waals surface area (Å²) in [5.41, 5.74) is 1.94. The fourth-order valence-electron chi connectivity index (χ4n) is 1.85. The SMILES string of the molecule is CCOc1cccc(Nc2ccccc2)c1OCC. The van der Waals surface area contributed by atoms with Gasteiger partial charge in [0.05, 0.1) is 18.9 Å². The summed E-state index contributed by atoms with van der Waals surface area (Å²) in [6.07, 6.45) is 0. The Morgan fingerprint density at radius 2 is 1.58 bits per heavy atom. The number of anilines is 2. The molecule has 0 fully saturated rings. The van der Waals surface area contributed by atoms with Gasteiger partial charge in [-0.15, -0.1) is 0 Å². The molecule has 0 saturated heterocycles. The predicted molar refractivity (Wildman–Crippen MR) is 78.5 cm³/mol. The molecule has 100 valence electrons. The monoisotopic (exact) mass is 257 g/mol. The highest BCUT2D eigenvalue weighted by molar-refractivity contribution is 5.70. The van der Waals surface area contributed by atoms with E-state index in [0.29, 0.717) is 13.2 Å². The van der Waals surface area contributed by atoms with Gasteiger partial charge in [0.25, 0.3) is 0 Å². The first-order valence-electron chi connectivity index (χ1n) is 6.55. The summed E-state index contributed by atoms with van der Waals surface area (Å²) in [5, 5.41) is 3.35. The lowest BCUT2D eigenvalue weighted by atomic mass is 10.2. The summed E-state index contributed by atoms with van der Waals surface area (Å²) in [6.45, 7) is 5.16. The van der Waals surface area contributed by atoms with Gasteiger partial charge in [-0.3, -0.25) is 0 Å². The molecule has 0 radical (unpaired) electrons. The van der Waals surface area contributed by atoms with Crippen molar-refractivity contribution in [1.29, 1.82) is 0 Å². The Morgan fingerprint density at radius 1 is 0.842 bits per heavy atom. The number of ether oxygens (including phenoxy) is 2. The molecular weight excluding hydrogens is 238 g/mol. The molecule has 0 saturated carbocycles. The normalized spacial score (nSPS) is 10.0. The molecule has 0 spiro atoms. The molecule has 0 atom stereocenters. The van der Waals surface area contributed by atoms with E-state index >= 15 is 0 Å². The Bertz CT molecular complexity index is 511. The van der Waals surface area contributed by atoms with Crippen molar-refractivity contribution in [3.05, 3.63) is 48.5 Å². The summed E-state index contributed by atoms with van der Waals surface area (Å²) >= 11 is 0. The minimum atomic E-state index is 0.605.